The molecule has 5 nitrogen and oxygen atoms in total. The van der Waals surface area contributed by atoms with Crippen molar-refractivity contribution in [2.75, 3.05) is 7.11 Å². The Hall–Kier alpha value is -1.62. The molecule has 1 aliphatic rings. The van der Waals surface area contributed by atoms with Crippen molar-refractivity contribution in [1.82, 2.24) is 4.98 Å². The van der Waals surface area contributed by atoms with E-state index in [1.165, 1.54) is 13.3 Å². The molecule has 0 saturated heterocycles. The first kappa shape index (κ1) is 10.9. The fraction of sp³-hybridized carbons (Fsp3) is 0.455. The number of aromatic nitrogens is 1. The van der Waals surface area contributed by atoms with Gasteiger partial charge in [0.1, 0.15) is 6.61 Å². The third-order valence-electron chi connectivity index (χ3n) is 2.85. The van der Waals surface area contributed by atoms with Crippen LogP contribution in [0.15, 0.2) is 12.3 Å². The maximum absolute atomic E-state index is 11.6. The van der Waals surface area contributed by atoms with Crippen LogP contribution in [0, 0.1) is 0 Å². The summed E-state index contributed by atoms with van der Waals surface area (Å²) in [7, 11) is 1.49. The largest absolute Gasteiger partial charge is 0.481 e. The molecule has 1 aromatic heterocycles. The summed E-state index contributed by atoms with van der Waals surface area (Å²) in [5.74, 6) is -0.229. The van der Waals surface area contributed by atoms with Gasteiger partial charge in [-0.2, -0.15) is 0 Å². The number of methoxy groups -OCH3 is 1. The van der Waals surface area contributed by atoms with Gasteiger partial charge in [-0.05, 0) is 12.5 Å². The quantitative estimate of drug-likeness (QED) is 0.749. The summed E-state index contributed by atoms with van der Waals surface area (Å²) in [6.45, 7) is 1.82. The van der Waals surface area contributed by atoms with Gasteiger partial charge in [0.15, 0.2) is 5.60 Å². The minimum Gasteiger partial charge on any atom is -0.481 e. The summed E-state index contributed by atoms with van der Waals surface area (Å²) in [6, 6.07) is 1.63. The topological polar surface area (TPSA) is 68.7 Å². The zero-order chi connectivity index (χ0) is 11.8. The number of ether oxygens (including phenoxy) is 2. The van der Waals surface area contributed by atoms with Crippen LogP contribution in [0.2, 0.25) is 0 Å². The van der Waals surface area contributed by atoms with Crippen LogP contribution in [0.1, 0.15) is 24.5 Å². The van der Waals surface area contributed by atoms with E-state index in [1.807, 2.05) is 0 Å². The number of carbonyl (C=O) groups excluding carboxylic acids is 1. The summed E-state index contributed by atoms with van der Waals surface area (Å²) in [5, 5.41) is 10.3. The van der Waals surface area contributed by atoms with Crippen molar-refractivity contribution < 1.29 is 19.4 Å². The monoisotopic (exact) mass is 223 g/mol. The Bertz CT molecular complexity index is 432. The number of esters is 1. The molecule has 0 fully saturated rings. The molecule has 0 unspecified atom stereocenters. The number of hydrogen-bond acceptors (Lipinski definition) is 5. The zero-order valence-electron chi connectivity index (χ0n) is 9.19. The van der Waals surface area contributed by atoms with E-state index in [0.29, 0.717) is 17.0 Å². The second kappa shape index (κ2) is 3.75. The van der Waals surface area contributed by atoms with Gasteiger partial charge in [0.25, 0.3) is 0 Å². The Morgan fingerprint density at radius 3 is 3.06 bits per heavy atom. The lowest BCUT2D eigenvalue weighted by Gasteiger charge is -2.31. The molecule has 1 N–H and O–H groups in total. The second-order valence-corrected chi connectivity index (χ2v) is 3.64. The summed E-state index contributed by atoms with van der Waals surface area (Å²) in [4.78, 5) is 15.6. The molecule has 0 radical (unpaired) electrons. The minimum atomic E-state index is -1.58. The van der Waals surface area contributed by atoms with Crippen LogP contribution in [-0.2, 0) is 21.7 Å². The van der Waals surface area contributed by atoms with Crippen LogP contribution in [0.4, 0.5) is 0 Å². The van der Waals surface area contributed by atoms with Crippen LogP contribution in [0.5, 0.6) is 5.88 Å². The highest BCUT2D eigenvalue weighted by Gasteiger charge is 2.44. The van der Waals surface area contributed by atoms with Crippen LogP contribution in [0.3, 0.4) is 0 Å². The van der Waals surface area contributed by atoms with Crippen molar-refractivity contribution >= 4 is 5.97 Å². The molecule has 1 aromatic rings. The number of carbonyl (C=O) groups is 1. The van der Waals surface area contributed by atoms with Gasteiger partial charge in [-0.3, -0.25) is 0 Å². The summed E-state index contributed by atoms with van der Waals surface area (Å²) in [6.07, 6.45) is 1.77. The first-order valence-electron chi connectivity index (χ1n) is 5.05. The lowest BCUT2D eigenvalue weighted by atomic mass is 9.87. The van der Waals surface area contributed by atoms with E-state index in [0.717, 1.165) is 0 Å². The smallest absolute Gasteiger partial charge is 0.343 e. The molecule has 2 heterocycles. The molecule has 2 rings (SSSR count). The van der Waals surface area contributed by atoms with E-state index < -0.39 is 11.6 Å². The van der Waals surface area contributed by atoms with Gasteiger partial charge in [0, 0.05) is 11.8 Å². The number of hydrogen-bond donors (Lipinski definition) is 1. The van der Waals surface area contributed by atoms with Gasteiger partial charge < -0.3 is 14.6 Å². The molecular weight excluding hydrogens is 210 g/mol. The lowest BCUT2D eigenvalue weighted by Crippen LogP contribution is -2.41. The third kappa shape index (κ3) is 1.36. The molecule has 86 valence electrons. The van der Waals surface area contributed by atoms with Gasteiger partial charge in [0.05, 0.1) is 12.7 Å². The van der Waals surface area contributed by atoms with Crippen molar-refractivity contribution in [2.24, 2.45) is 0 Å². The number of rotatable bonds is 2. The van der Waals surface area contributed by atoms with Crippen molar-refractivity contribution in [3.8, 4) is 5.88 Å². The van der Waals surface area contributed by atoms with Gasteiger partial charge in [-0.15, -0.1) is 0 Å². The third-order valence-corrected chi connectivity index (χ3v) is 2.85. The summed E-state index contributed by atoms with van der Waals surface area (Å²) >= 11 is 0. The van der Waals surface area contributed by atoms with Crippen LogP contribution < -0.4 is 4.74 Å². The normalized spacial score (nSPS) is 23.6. The predicted molar refractivity (Wildman–Crippen MR) is 54.8 cm³/mol. The van der Waals surface area contributed by atoms with Crippen LogP contribution in [-0.4, -0.2) is 23.2 Å². The Kier molecular flexibility index (Phi) is 2.55. The maximum atomic E-state index is 11.6. The molecule has 16 heavy (non-hydrogen) atoms. The van der Waals surface area contributed by atoms with E-state index in [1.54, 1.807) is 13.0 Å². The molecule has 1 atom stereocenters. The van der Waals surface area contributed by atoms with Gasteiger partial charge >= 0.3 is 5.97 Å². The number of fused-ring (bicyclic) bond motifs is 1. The average Bonchev–Trinajstić information content (AvgIpc) is 2.33. The number of aliphatic hydroxyl groups is 1. The molecule has 1 aliphatic heterocycles. The Morgan fingerprint density at radius 2 is 2.44 bits per heavy atom. The maximum Gasteiger partial charge on any atom is 0.343 e. The van der Waals surface area contributed by atoms with E-state index in [4.69, 9.17) is 9.47 Å². The van der Waals surface area contributed by atoms with Crippen molar-refractivity contribution in [3.05, 3.63) is 23.4 Å². The van der Waals surface area contributed by atoms with Crippen LogP contribution in [0.25, 0.3) is 0 Å². The molecule has 0 aromatic carbocycles. The van der Waals surface area contributed by atoms with E-state index >= 15 is 0 Å². The van der Waals surface area contributed by atoms with Crippen molar-refractivity contribution in [3.63, 3.8) is 0 Å². The molecule has 0 bridgehead atoms. The Balaban J connectivity index is 2.61. The first-order chi connectivity index (χ1) is 7.63. The summed E-state index contributed by atoms with van der Waals surface area (Å²) < 4.78 is 10.0. The number of nitrogens with zero attached hydrogens (tertiary/aromatic N) is 1. The van der Waals surface area contributed by atoms with Crippen LogP contribution >= 0.6 is 0 Å². The van der Waals surface area contributed by atoms with Gasteiger partial charge in [-0.1, -0.05) is 6.92 Å². The molecule has 5 heteroatoms. The molecule has 0 aliphatic carbocycles. The molecular formula is C11H13NO4. The SMILES string of the molecule is CC[C@@]1(O)C(=O)OCc2c1ccnc2OC. The molecule has 0 amide bonds. The van der Waals surface area contributed by atoms with Crippen molar-refractivity contribution in [1.29, 1.82) is 0 Å². The Labute approximate surface area is 93.0 Å². The highest BCUT2D eigenvalue weighted by Crippen LogP contribution is 2.36. The van der Waals surface area contributed by atoms with Crippen molar-refractivity contribution in [2.45, 2.75) is 25.6 Å². The lowest BCUT2D eigenvalue weighted by molar-refractivity contribution is -0.172. The minimum absolute atomic E-state index is 0.0908. The predicted octanol–water partition coefficient (Wildman–Crippen LogP) is 0.745. The van der Waals surface area contributed by atoms with E-state index in [9.17, 15) is 9.90 Å². The highest BCUT2D eigenvalue weighted by molar-refractivity contribution is 5.83. The highest BCUT2D eigenvalue weighted by atomic mass is 16.6. The van der Waals surface area contributed by atoms with E-state index in [-0.39, 0.29) is 13.0 Å². The second-order valence-electron chi connectivity index (χ2n) is 3.64. The van der Waals surface area contributed by atoms with Gasteiger partial charge in [-0.25, -0.2) is 9.78 Å². The van der Waals surface area contributed by atoms with Gasteiger partial charge in [0.2, 0.25) is 5.88 Å². The standard InChI is InChI=1S/C11H13NO4/c1-3-11(14)8-4-5-12-9(15-2)7(8)6-16-10(11)13/h4-5,14H,3,6H2,1-2H3/t11-/m0/s1. The first-order valence-corrected chi connectivity index (χ1v) is 5.05. The fourth-order valence-electron chi connectivity index (χ4n) is 1.88. The summed E-state index contributed by atoms with van der Waals surface area (Å²) in [5.41, 5.74) is -0.420. The molecule has 0 spiro atoms. The Morgan fingerprint density at radius 1 is 1.69 bits per heavy atom. The fourth-order valence-corrected chi connectivity index (χ4v) is 1.88. The number of pyridine rings is 1. The number of cyclic esters (lactones) is 1. The van der Waals surface area contributed by atoms with E-state index in [2.05, 4.69) is 4.98 Å². The molecule has 0 saturated carbocycles. The zero-order valence-corrected chi connectivity index (χ0v) is 9.19. The average molecular weight is 223 g/mol.